The van der Waals surface area contributed by atoms with Gasteiger partial charge in [0.1, 0.15) is 12.1 Å². The molecule has 154 valence electrons. The molecule has 2 atom stereocenters. The van der Waals surface area contributed by atoms with Crippen LogP contribution >= 0.6 is 0 Å². The van der Waals surface area contributed by atoms with Gasteiger partial charge in [-0.3, -0.25) is 4.90 Å². The smallest absolute Gasteiger partial charge is 0.328 e. The van der Waals surface area contributed by atoms with Crippen LogP contribution in [0.25, 0.3) is 0 Å². The molecule has 3 aromatic rings. The third-order valence-corrected chi connectivity index (χ3v) is 6.07. The molecule has 0 spiro atoms. The summed E-state index contributed by atoms with van der Waals surface area (Å²) in [4.78, 5) is 15.6. The Morgan fingerprint density at radius 2 is 1.30 bits per heavy atom. The highest BCUT2D eigenvalue weighted by molar-refractivity contribution is 5.78. The van der Waals surface area contributed by atoms with Gasteiger partial charge in [0.15, 0.2) is 0 Å². The van der Waals surface area contributed by atoms with Gasteiger partial charge in [-0.2, -0.15) is 0 Å². The van der Waals surface area contributed by atoms with Gasteiger partial charge < -0.3 is 4.74 Å². The fraction of sp³-hybridized carbons (Fsp3) is 0.296. The summed E-state index contributed by atoms with van der Waals surface area (Å²) in [6, 6.07) is 30.3. The molecule has 4 rings (SSSR count). The third-order valence-electron chi connectivity index (χ3n) is 6.07. The molecule has 3 heteroatoms. The highest BCUT2D eigenvalue weighted by Crippen LogP contribution is 2.33. The van der Waals surface area contributed by atoms with Gasteiger partial charge in [0.05, 0.1) is 0 Å². The van der Waals surface area contributed by atoms with E-state index >= 15 is 0 Å². The number of benzene rings is 3. The van der Waals surface area contributed by atoms with Crippen LogP contribution in [0.5, 0.6) is 0 Å². The molecule has 0 bridgehead atoms. The maximum absolute atomic E-state index is 13.3. The predicted octanol–water partition coefficient (Wildman–Crippen LogP) is 5.91. The van der Waals surface area contributed by atoms with Crippen molar-refractivity contribution in [1.29, 1.82) is 0 Å². The lowest BCUT2D eigenvalue weighted by atomic mass is 9.88. The van der Waals surface area contributed by atoms with Gasteiger partial charge in [0.25, 0.3) is 0 Å². The van der Waals surface area contributed by atoms with Crippen molar-refractivity contribution in [2.75, 3.05) is 13.1 Å². The van der Waals surface area contributed by atoms with E-state index in [9.17, 15) is 4.79 Å². The van der Waals surface area contributed by atoms with Crippen LogP contribution in [-0.4, -0.2) is 24.0 Å². The summed E-state index contributed by atoms with van der Waals surface area (Å²) in [5.74, 6) is 0.383. The number of rotatable bonds is 6. The highest BCUT2D eigenvalue weighted by Gasteiger charge is 2.33. The van der Waals surface area contributed by atoms with Crippen LogP contribution in [-0.2, 0) is 9.53 Å². The molecule has 1 aliphatic heterocycles. The Balaban J connectivity index is 1.49. The number of piperidine rings is 1. The summed E-state index contributed by atoms with van der Waals surface area (Å²) >= 11 is 0. The average molecular weight is 400 g/mol. The van der Waals surface area contributed by atoms with Crippen molar-refractivity contribution in [3.8, 4) is 0 Å². The molecule has 1 aliphatic rings. The number of hydrogen-bond donors (Lipinski definition) is 0. The standard InChI is InChI=1S/C27H29NO2/c1-21(22-11-5-2-6-12-22)30-27(29)26(25-15-9-4-10-16-25)28-19-17-24(18-20-28)23-13-7-3-8-14-23/h2-16,21,24,26H,17-20H2,1H3. The number of esters is 1. The summed E-state index contributed by atoms with van der Waals surface area (Å²) in [5.41, 5.74) is 3.41. The molecule has 0 N–H and O–H groups in total. The van der Waals surface area contributed by atoms with Crippen LogP contribution in [0.15, 0.2) is 91.0 Å². The molecular formula is C27H29NO2. The van der Waals surface area contributed by atoms with Gasteiger partial charge in [-0.25, -0.2) is 4.79 Å². The highest BCUT2D eigenvalue weighted by atomic mass is 16.5. The second-order valence-corrected chi connectivity index (χ2v) is 8.02. The van der Waals surface area contributed by atoms with Crippen molar-refractivity contribution < 1.29 is 9.53 Å². The number of likely N-dealkylation sites (tertiary alicyclic amines) is 1. The first-order chi connectivity index (χ1) is 14.7. The molecular weight excluding hydrogens is 370 g/mol. The van der Waals surface area contributed by atoms with E-state index < -0.39 is 0 Å². The summed E-state index contributed by atoms with van der Waals surface area (Å²) in [6.07, 6.45) is 1.83. The van der Waals surface area contributed by atoms with E-state index in [1.807, 2.05) is 67.6 Å². The minimum atomic E-state index is -0.367. The normalized spacial score (nSPS) is 17.2. The van der Waals surface area contributed by atoms with Gasteiger partial charge in [-0.05, 0) is 55.5 Å². The Labute approximate surface area is 179 Å². The van der Waals surface area contributed by atoms with Gasteiger partial charge in [-0.1, -0.05) is 91.0 Å². The van der Waals surface area contributed by atoms with Crippen molar-refractivity contribution >= 4 is 5.97 Å². The lowest BCUT2D eigenvalue weighted by Gasteiger charge is -2.37. The Morgan fingerprint density at radius 3 is 1.87 bits per heavy atom. The van der Waals surface area contributed by atoms with Crippen LogP contribution in [0, 0.1) is 0 Å². The van der Waals surface area contributed by atoms with Crippen LogP contribution in [0.1, 0.15) is 54.5 Å². The van der Waals surface area contributed by atoms with Crippen molar-refractivity contribution in [2.24, 2.45) is 0 Å². The Morgan fingerprint density at radius 1 is 0.800 bits per heavy atom. The van der Waals surface area contributed by atoms with Crippen LogP contribution in [0.3, 0.4) is 0 Å². The number of ether oxygens (including phenoxy) is 1. The molecule has 0 amide bonds. The predicted molar refractivity (Wildman–Crippen MR) is 120 cm³/mol. The Hall–Kier alpha value is -2.91. The van der Waals surface area contributed by atoms with Crippen LogP contribution in [0.4, 0.5) is 0 Å². The van der Waals surface area contributed by atoms with Crippen molar-refractivity contribution in [3.05, 3.63) is 108 Å². The zero-order valence-electron chi connectivity index (χ0n) is 17.5. The summed E-state index contributed by atoms with van der Waals surface area (Å²) in [7, 11) is 0. The van der Waals surface area contributed by atoms with Crippen molar-refractivity contribution in [1.82, 2.24) is 4.90 Å². The largest absolute Gasteiger partial charge is 0.456 e. The summed E-state index contributed by atoms with van der Waals surface area (Å²) in [6.45, 7) is 3.71. The monoisotopic (exact) mass is 399 g/mol. The number of hydrogen-bond acceptors (Lipinski definition) is 3. The SMILES string of the molecule is CC(OC(=O)C(c1ccccc1)N1CCC(c2ccccc2)CC1)c1ccccc1. The fourth-order valence-electron chi connectivity index (χ4n) is 4.38. The van der Waals surface area contributed by atoms with Gasteiger partial charge in [0.2, 0.25) is 0 Å². The van der Waals surface area contributed by atoms with Crippen LogP contribution in [0.2, 0.25) is 0 Å². The van der Waals surface area contributed by atoms with Gasteiger partial charge in [-0.15, -0.1) is 0 Å². The van der Waals surface area contributed by atoms with E-state index in [0.717, 1.165) is 37.1 Å². The van der Waals surface area contributed by atoms with E-state index in [4.69, 9.17) is 4.74 Å². The second kappa shape index (κ2) is 9.73. The first kappa shape index (κ1) is 20.4. The number of nitrogens with zero attached hydrogens (tertiary/aromatic N) is 1. The molecule has 0 aliphatic carbocycles. The van der Waals surface area contributed by atoms with E-state index in [1.165, 1.54) is 5.56 Å². The van der Waals surface area contributed by atoms with E-state index in [1.54, 1.807) is 0 Å². The first-order valence-corrected chi connectivity index (χ1v) is 10.8. The van der Waals surface area contributed by atoms with E-state index in [2.05, 4.69) is 35.2 Å². The van der Waals surface area contributed by atoms with Crippen molar-refractivity contribution in [3.63, 3.8) is 0 Å². The second-order valence-electron chi connectivity index (χ2n) is 8.02. The van der Waals surface area contributed by atoms with Gasteiger partial charge >= 0.3 is 5.97 Å². The molecule has 0 radical (unpaired) electrons. The van der Waals surface area contributed by atoms with Crippen molar-refractivity contribution in [2.45, 2.75) is 37.8 Å². The molecule has 0 aromatic heterocycles. The average Bonchev–Trinajstić information content (AvgIpc) is 2.81. The molecule has 1 saturated heterocycles. The number of carbonyl (C=O) groups is 1. The molecule has 2 unspecified atom stereocenters. The molecule has 0 saturated carbocycles. The molecule has 1 fully saturated rings. The Bertz CT molecular complexity index is 919. The first-order valence-electron chi connectivity index (χ1n) is 10.8. The zero-order valence-corrected chi connectivity index (χ0v) is 17.5. The minimum absolute atomic E-state index is 0.171. The minimum Gasteiger partial charge on any atom is -0.456 e. The van der Waals surface area contributed by atoms with Crippen LogP contribution < -0.4 is 0 Å². The maximum atomic E-state index is 13.3. The number of carbonyl (C=O) groups excluding carboxylic acids is 1. The maximum Gasteiger partial charge on any atom is 0.328 e. The van der Waals surface area contributed by atoms with Gasteiger partial charge in [0, 0.05) is 0 Å². The zero-order chi connectivity index (χ0) is 20.8. The molecule has 3 aromatic carbocycles. The Kier molecular flexibility index (Phi) is 6.60. The lowest BCUT2D eigenvalue weighted by Crippen LogP contribution is -2.40. The lowest BCUT2D eigenvalue weighted by molar-refractivity contribution is -0.156. The summed E-state index contributed by atoms with van der Waals surface area (Å²) in [5, 5.41) is 0. The quantitative estimate of drug-likeness (QED) is 0.483. The fourth-order valence-corrected chi connectivity index (χ4v) is 4.38. The topological polar surface area (TPSA) is 29.5 Å². The van der Waals surface area contributed by atoms with E-state index in [0.29, 0.717) is 5.92 Å². The molecule has 30 heavy (non-hydrogen) atoms. The third kappa shape index (κ3) is 4.80. The van der Waals surface area contributed by atoms with E-state index in [-0.39, 0.29) is 18.1 Å². The molecule has 1 heterocycles. The summed E-state index contributed by atoms with van der Waals surface area (Å²) < 4.78 is 5.94. The molecule has 3 nitrogen and oxygen atoms in total.